The summed E-state index contributed by atoms with van der Waals surface area (Å²) in [4.78, 5) is 0. The van der Waals surface area contributed by atoms with E-state index in [9.17, 15) is 13.2 Å². The van der Waals surface area contributed by atoms with Crippen molar-refractivity contribution in [3.05, 3.63) is 29.8 Å². The molecule has 0 amide bonds. The van der Waals surface area contributed by atoms with Gasteiger partial charge >= 0.3 is 6.18 Å². The van der Waals surface area contributed by atoms with Crippen LogP contribution in [0.4, 0.5) is 13.2 Å². The van der Waals surface area contributed by atoms with Crippen molar-refractivity contribution in [2.75, 3.05) is 7.11 Å². The van der Waals surface area contributed by atoms with Crippen LogP contribution in [0.5, 0.6) is 5.75 Å². The molecule has 0 bridgehead atoms. The van der Waals surface area contributed by atoms with Gasteiger partial charge in [-0.15, -0.1) is 0 Å². The van der Waals surface area contributed by atoms with Gasteiger partial charge in [-0.05, 0) is 49.3 Å². The lowest BCUT2D eigenvalue weighted by atomic mass is 9.78. The van der Waals surface area contributed by atoms with Crippen LogP contribution in [0, 0.1) is 5.92 Å². The molecule has 1 nitrogen and oxygen atoms in total. The second-order valence-corrected chi connectivity index (χ2v) is 4.86. The zero-order valence-corrected chi connectivity index (χ0v) is 10.3. The molecular formula is C14H17F3O. The maximum atomic E-state index is 12.6. The molecule has 1 saturated carbocycles. The quantitative estimate of drug-likeness (QED) is 0.757. The van der Waals surface area contributed by atoms with E-state index in [0.717, 1.165) is 11.3 Å². The lowest BCUT2D eigenvalue weighted by Gasteiger charge is -2.30. The Kier molecular flexibility index (Phi) is 3.83. The lowest BCUT2D eigenvalue weighted by molar-refractivity contribution is -0.182. The average Bonchev–Trinajstić information content (AvgIpc) is 2.38. The monoisotopic (exact) mass is 258 g/mol. The Morgan fingerprint density at radius 1 is 1.00 bits per heavy atom. The van der Waals surface area contributed by atoms with Crippen molar-refractivity contribution in [2.24, 2.45) is 5.92 Å². The molecule has 0 spiro atoms. The van der Waals surface area contributed by atoms with Crippen molar-refractivity contribution < 1.29 is 17.9 Å². The molecule has 1 aromatic carbocycles. The van der Waals surface area contributed by atoms with Gasteiger partial charge in [-0.1, -0.05) is 12.1 Å². The normalized spacial score (nSPS) is 24.9. The van der Waals surface area contributed by atoms with Crippen LogP contribution < -0.4 is 4.74 Å². The highest BCUT2D eigenvalue weighted by molar-refractivity contribution is 5.29. The lowest BCUT2D eigenvalue weighted by Crippen LogP contribution is -2.27. The van der Waals surface area contributed by atoms with Gasteiger partial charge in [0, 0.05) is 0 Å². The molecule has 18 heavy (non-hydrogen) atoms. The third kappa shape index (κ3) is 2.98. The molecule has 4 heteroatoms. The van der Waals surface area contributed by atoms with Crippen LogP contribution >= 0.6 is 0 Å². The molecule has 1 aliphatic rings. The van der Waals surface area contributed by atoms with E-state index in [2.05, 4.69) is 0 Å². The first-order chi connectivity index (χ1) is 8.50. The number of halogens is 3. The summed E-state index contributed by atoms with van der Waals surface area (Å²) in [5, 5.41) is 0. The molecule has 0 aromatic heterocycles. The van der Waals surface area contributed by atoms with Gasteiger partial charge < -0.3 is 4.74 Å². The first-order valence-electron chi connectivity index (χ1n) is 6.21. The maximum Gasteiger partial charge on any atom is 0.391 e. The minimum absolute atomic E-state index is 0.250. The van der Waals surface area contributed by atoms with E-state index < -0.39 is 12.1 Å². The number of ether oxygens (including phenoxy) is 1. The molecule has 100 valence electrons. The minimum Gasteiger partial charge on any atom is -0.497 e. The highest BCUT2D eigenvalue weighted by Gasteiger charge is 2.41. The predicted molar refractivity (Wildman–Crippen MR) is 63.7 cm³/mol. The fourth-order valence-corrected chi connectivity index (χ4v) is 2.63. The predicted octanol–water partition coefficient (Wildman–Crippen LogP) is 4.53. The van der Waals surface area contributed by atoms with Crippen molar-refractivity contribution >= 4 is 0 Å². The summed E-state index contributed by atoms with van der Waals surface area (Å²) in [7, 11) is 1.60. The van der Waals surface area contributed by atoms with Crippen molar-refractivity contribution in [2.45, 2.75) is 37.8 Å². The minimum atomic E-state index is -4.02. The topological polar surface area (TPSA) is 9.23 Å². The van der Waals surface area contributed by atoms with Gasteiger partial charge in [-0.25, -0.2) is 0 Å². The van der Waals surface area contributed by atoms with Crippen LogP contribution in [0.1, 0.15) is 37.2 Å². The summed E-state index contributed by atoms with van der Waals surface area (Å²) in [5.41, 5.74) is 1.12. The zero-order valence-electron chi connectivity index (χ0n) is 10.3. The van der Waals surface area contributed by atoms with Crippen LogP contribution in [0.2, 0.25) is 0 Å². The van der Waals surface area contributed by atoms with Crippen LogP contribution in [-0.4, -0.2) is 13.3 Å². The van der Waals surface area contributed by atoms with Gasteiger partial charge in [0.25, 0.3) is 0 Å². The van der Waals surface area contributed by atoms with Gasteiger partial charge in [0.2, 0.25) is 0 Å². The Labute approximate surface area is 105 Å². The van der Waals surface area contributed by atoms with E-state index in [4.69, 9.17) is 4.74 Å². The van der Waals surface area contributed by atoms with Gasteiger partial charge in [0.1, 0.15) is 5.75 Å². The van der Waals surface area contributed by atoms with E-state index in [1.54, 1.807) is 7.11 Å². The molecule has 0 atom stereocenters. The van der Waals surface area contributed by atoms with Gasteiger partial charge in [0.15, 0.2) is 0 Å². The van der Waals surface area contributed by atoms with Crippen LogP contribution in [-0.2, 0) is 0 Å². The average molecular weight is 258 g/mol. The highest BCUT2D eigenvalue weighted by atomic mass is 19.4. The Morgan fingerprint density at radius 2 is 1.56 bits per heavy atom. The molecule has 1 aromatic rings. The van der Waals surface area contributed by atoms with E-state index in [1.807, 2.05) is 24.3 Å². The Balaban J connectivity index is 1.96. The summed E-state index contributed by atoms with van der Waals surface area (Å²) < 4.78 is 42.7. The first kappa shape index (κ1) is 13.2. The van der Waals surface area contributed by atoms with Gasteiger partial charge in [-0.3, -0.25) is 0 Å². The number of benzene rings is 1. The van der Waals surface area contributed by atoms with Crippen molar-refractivity contribution in [3.8, 4) is 5.75 Å². The van der Waals surface area contributed by atoms with E-state index in [0.29, 0.717) is 12.8 Å². The van der Waals surface area contributed by atoms with Gasteiger partial charge in [-0.2, -0.15) is 13.2 Å². The second kappa shape index (κ2) is 5.21. The second-order valence-electron chi connectivity index (χ2n) is 4.86. The standard InChI is InChI=1S/C14H17F3O/c1-18-13-8-4-11(5-9-13)10-2-6-12(7-3-10)14(15,16)17/h4-5,8-10,12H,2-3,6-7H2,1H3/t10-,12-. The number of alkyl halides is 3. The van der Waals surface area contributed by atoms with Crippen LogP contribution in [0.15, 0.2) is 24.3 Å². The molecule has 0 radical (unpaired) electrons. The van der Waals surface area contributed by atoms with Gasteiger partial charge in [0.05, 0.1) is 13.0 Å². The third-order valence-electron chi connectivity index (χ3n) is 3.78. The summed E-state index contributed by atoms with van der Waals surface area (Å²) in [6.45, 7) is 0. The Morgan fingerprint density at radius 3 is 2.00 bits per heavy atom. The SMILES string of the molecule is COc1ccc([C@H]2CC[C@H](C(F)(F)F)CC2)cc1. The first-order valence-corrected chi connectivity index (χ1v) is 6.21. The van der Waals surface area contributed by atoms with Crippen molar-refractivity contribution in [3.63, 3.8) is 0 Å². The molecule has 0 unspecified atom stereocenters. The summed E-state index contributed by atoms with van der Waals surface area (Å²) in [5.74, 6) is -0.0655. The maximum absolute atomic E-state index is 12.6. The largest absolute Gasteiger partial charge is 0.497 e. The third-order valence-corrected chi connectivity index (χ3v) is 3.78. The molecule has 0 heterocycles. The van der Waals surface area contributed by atoms with Crippen LogP contribution in [0.25, 0.3) is 0 Å². The summed E-state index contributed by atoms with van der Waals surface area (Å²) in [6.07, 6.45) is -2.28. The summed E-state index contributed by atoms with van der Waals surface area (Å²) in [6, 6.07) is 7.64. The van der Waals surface area contributed by atoms with Crippen LogP contribution in [0.3, 0.4) is 0 Å². The highest BCUT2D eigenvalue weighted by Crippen LogP contribution is 2.42. The molecular weight excluding hydrogens is 241 g/mol. The zero-order chi connectivity index (χ0) is 13.2. The van der Waals surface area contributed by atoms with E-state index >= 15 is 0 Å². The fourth-order valence-electron chi connectivity index (χ4n) is 2.63. The van der Waals surface area contributed by atoms with Crippen molar-refractivity contribution in [1.29, 1.82) is 0 Å². The Hall–Kier alpha value is -1.19. The number of hydrogen-bond donors (Lipinski definition) is 0. The number of rotatable bonds is 2. The van der Waals surface area contributed by atoms with E-state index in [-0.39, 0.29) is 18.8 Å². The summed E-state index contributed by atoms with van der Waals surface area (Å²) >= 11 is 0. The molecule has 1 fully saturated rings. The molecule has 1 aliphatic carbocycles. The molecule has 0 N–H and O–H groups in total. The number of methoxy groups -OCH3 is 1. The molecule has 2 rings (SSSR count). The van der Waals surface area contributed by atoms with E-state index in [1.165, 1.54) is 0 Å². The molecule has 0 saturated heterocycles. The fraction of sp³-hybridized carbons (Fsp3) is 0.571. The Bertz CT molecular complexity index is 375. The smallest absolute Gasteiger partial charge is 0.391 e. The molecule has 0 aliphatic heterocycles. The van der Waals surface area contributed by atoms with Crippen molar-refractivity contribution in [1.82, 2.24) is 0 Å². The number of hydrogen-bond acceptors (Lipinski definition) is 1.